The second-order valence-electron chi connectivity index (χ2n) is 7.39. The minimum Gasteiger partial charge on any atom is -0.465 e. The SMILES string of the molecule is CCN1c2ccc(Cl)cc2C(c2ccccc2)=C(C(=O)Nc2ccccc2C(=O)OC)S1(=O)=O. The average Bonchev–Trinajstić information content (AvgIpc) is 2.83. The number of carbonyl (C=O) groups excluding carboxylic acids is 2. The fraction of sp³-hybridized carbons (Fsp3) is 0.120. The van der Waals surface area contributed by atoms with Crippen molar-refractivity contribution in [3.05, 3.63) is 99.4 Å². The van der Waals surface area contributed by atoms with Gasteiger partial charge in [0.05, 0.1) is 24.0 Å². The Hall–Kier alpha value is -3.62. The topological polar surface area (TPSA) is 92.8 Å². The molecule has 0 aromatic heterocycles. The van der Waals surface area contributed by atoms with Gasteiger partial charge < -0.3 is 10.1 Å². The van der Waals surface area contributed by atoms with Gasteiger partial charge in [-0.3, -0.25) is 9.10 Å². The molecule has 1 heterocycles. The summed E-state index contributed by atoms with van der Waals surface area (Å²) >= 11 is 6.28. The van der Waals surface area contributed by atoms with Crippen LogP contribution in [0.3, 0.4) is 0 Å². The van der Waals surface area contributed by atoms with Crippen LogP contribution in [0.15, 0.2) is 77.7 Å². The summed E-state index contributed by atoms with van der Waals surface area (Å²) in [7, 11) is -3.03. The number of ether oxygens (including phenoxy) is 1. The largest absolute Gasteiger partial charge is 0.465 e. The molecule has 1 N–H and O–H groups in total. The van der Waals surface area contributed by atoms with Crippen molar-refractivity contribution < 1.29 is 22.7 Å². The Labute approximate surface area is 202 Å². The molecule has 0 saturated carbocycles. The third kappa shape index (κ3) is 4.06. The van der Waals surface area contributed by atoms with Crippen LogP contribution in [0.25, 0.3) is 5.57 Å². The normalized spacial score (nSPS) is 14.4. The Kier molecular flexibility index (Phi) is 6.45. The number of anilines is 2. The van der Waals surface area contributed by atoms with E-state index >= 15 is 0 Å². The first-order valence-electron chi connectivity index (χ1n) is 10.4. The second kappa shape index (κ2) is 9.32. The van der Waals surface area contributed by atoms with Crippen LogP contribution in [0, 0.1) is 0 Å². The summed E-state index contributed by atoms with van der Waals surface area (Å²) < 4.78 is 33.5. The van der Waals surface area contributed by atoms with Gasteiger partial charge in [-0.15, -0.1) is 0 Å². The molecule has 0 bridgehead atoms. The summed E-state index contributed by atoms with van der Waals surface area (Å²) in [5.74, 6) is -1.54. The Morgan fingerprint density at radius 1 is 1.00 bits per heavy atom. The van der Waals surface area contributed by atoms with Crippen molar-refractivity contribution in [2.24, 2.45) is 0 Å². The van der Waals surface area contributed by atoms with Crippen molar-refractivity contribution in [1.29, 1.82) is 0 Å². The molecule has 0 radical (unpaired) electrons. The number of halogens is 1. The smallest absolute Gasteiger partial charge is 0.339 e. The molecule has 0 saturated heterocycles. The molecule has 0 unspecified atom stereocenters. The van der Waals surface area contributed by atoms with Crippen LogP contribution in [0.4, 0.5) is 11.4 Å². The number of methoxy groups -OCH3 is 1. The van der Waals surface area contributed by atoms with Gasteiger partial charge in [0.1, 0.15) is 0 Å². The summed E-state index contributed by atoms with van der Waals surface area (Å²) in [4.78, 5) is 25.4. The highest BCUT2D eigenvalue weighted by Crippen LogP contribution is 2.44. The first-order chi connectivity index (χ1) is 16.3. The molecule has 0 spiro atoms. The second-order valence-corrected chi connectivity index (χ2v) is 9.63. The van der Waals surface area contributed by atoms with E-state index in [2.05, 4.69) is 5.32 Å². The first-order valence-corrected chi connectivity index (χ1v) is 12.2. The molecular weight excluding hydrogens is 476 g/mol. The van der Waals surface area contributed by atoms with Gasteiger partial charge in [-0.1, -0.05) is 54.1 Å². The number of esters is 1. The number of para-hydroxylation sites is 1. The highest BCUT2D eigenvalue weighted by molar-refractivity contribution is 7.97. The summed E-state index contributed by atoms with van der Waals surface area (Å²) in [6.45, 7) is 1.79. The molecule has 1 aliphatic heterocycles. The molecule has 3 aromatic rings. The predicted octanol–water partition coefficient (Wildman–Crippen LogP) is 4.69. The van der Waals surface area contributed by atoms with Crippen LogP contribution in [0.2, 0.25) is 5.02 Å². The number of nitrogens with one attached hydrogen (secondary N) is 1. The van der Waals surface area contributed by atoms with E-state index in [1.807, 2.05) is 0 Å². The maximum Gasteiger partial charge on any atom is 0.339 e. The van der Waals surface area contributed by atoms with E-state index < -0.39 is 26.8 Å². The molecule has 7 nitrogen and oxygen atoms in total. The Morgan fingerprint density at radius 3 is 2.35 bits per heavy atom. The van der Waals surface area contributed by atoms with Crippen LogP contribution in [0.1, 0.15) is 28.4 Å². The van der Waals surface area contributed by atoms with Crippen molar-refractivity contribution in [2.45, 2.75) is 6.92 Å². The quantitative estimate of drug-likeness (QED) is 0.517. The zero-order valence-electron chi connectivity index (χ0n) is 18.4. The Bertz CT molecular complexity index is 1420. The lowest BCUT2D eigenvalue weighted by molar-refractivity contribution is -0.112. The summed E-state index contributed by atoms with van der Waals surface area (Å²) in [6.07, 6.45) is 0. The van der Waals surface area contributed by atoms with Crippen LogP contribution < -0.4 is 9.62 Å². The maximum absolute atomic E-state index is 13.8. The van der Waals surface area contributed by atoms with E-state index in [4.69, 9.17) is 16.3 Å². The van der Waals surface area contributed by atoms with E-state index in [-0.39, 0.29) is 23.4 Å². The summed E-state index contributed by atoms with van der Waals surface area (Å²) in [5, 5.41) is 3.01. The van der Waals surface area contributed by atoms with Gasteiger partial charge in [0.25, 0.3) is 15.9 Å². The predicted molar refractivity (Wildman–Crippen MR) is 132 cm³/mol. The molecule has 0 fully saturated rings. The molecule has 3 aromatic carbocycles. The number of fused-ring (bicyclic) bond motifs is 1. The van der Waals surface area contributed by atoms with Crippen LogP contribution in [-0.2, 0) is 19.6 Å². The monoisotopic (exact) mass is 496 g/mol. The fourth-order valence-corrected chi connectivity index (χ4v) is 5.86. The van der Waals surface area contributed by atoms with Crippen molar-refractivity contribution in [2.75, 3.05) is 23.3 Å². The molecule has 1 aliphatic rings. The standard InChI is InChI=1S/C25H21ClN2O5S/c1-3-28-21-14-13-17(26)15-19(21)22(16-9-5-4-6-10-16)23(34(28,31)32)24(29)27-20-12-8-7-11-18(20)25(30)33-2/h4-15H,3H2,1-2H3,(H,27,29). The third-order valence-corrected chi connectivity index (χ3v) is 7.58. The van der Waals surface area contributed by atoms with E-state index in [1.54, 1.807) is 67.6 Å². The third-order valence-electron chi connectivity index (χ3n) is 5.41. The lowest BCUT2D eigenvalue weighted by Crippen LogP contribution is -2.39. The summed E-state index contributed by atoms with van der Waals surface area (Å²) in [5.41, 5.74) is 1.95. The van der Waals surface area contributed by atoms with Gasteiger partial charge in [0.2, 0.25) is 0 Å². The number of sulfonamides is 1. The van der Waals surface area contributed by atoms with E-state index in [0.717, 1.165) is 0 Å². The molecular formula is C25H21ClN2O5S. The van der Waals surface area contributed by atoms with Crippen molar-refractivity contribution in [3.8, 4) is 0 Å². The molecule has 34 heavy (non-hydrogen) atoms. The Balaban J connectivity index is 1.98. The van der Waals surface area contributed by atoms with Gasteiger partial charge in [-0.05, 0) is 42.8 Å². The minimum absolute atomic E-state index is 0.101. The van der Waals surface area contributed by atoms with Crippen molar-refractivity contribution in [1.82, 2.24) is 0 Å². The number of rotatable bonds is 5. The van der Waals surface area contributed by atoms with Gasteiger partial charge in [0, 0.05) is 22.7 Å². The lowest BCUT2D eigenvalue weighted by atomic mass is 9.95. The van der Waals surface area contributed by atoms with E-state index in [0.29, 0.717) is 21.8 Å². The number of amides is 1. The Morgan fingerprint density at radius 2 is 1.68 bits per heavy atom. The number of carbonyl (C=O) groups is 2. The van der Waals surface area contributed by atoms with Gasteiger partial charge in [0.15, 0.2) is 4.91 Å². The van der Waals surface area contributed by atoms with Gasteiger partial charge in [-0.25, -0.2) is 13.2 Å². The number of benzene rings is 3. The number of hydrogen-bond donors (Lipinski definition) is 1. The number of nitrogens with zero attached hydrogens (tertiary/aromatic N) is 1. The summed E-state index contributed by atoms with van der Waals surface area (Å²) in [6, 6.07) is 19.9. The first kappa shape index (κ1) is 23.5. The highest BCUT2D eigenvalue weighted by atomic mass is 35.5. The molecule has 9 heteroatoms. The van der Waals surface area contributed by atoms with Gasteiger partial charge in [-0.2, -0.15) is 0 Å². The maximum atomic E-state index is 13.8. The van der Waals surface area contributed by atoms with Crippen LogP contribution in [0.5, 0.6) is 0 Å². The van der Waals surface area contributed by atoms with E-state index in [1.165, 1.54) is 23.5 Å². The zero-order chi connectivity index (χ0) is 24.5. The number of hydrogen-bond acceptors (Lipinski definition) is 5. The fourth-order valence-electron chi connectivity index (χ4n) is 3.94. The van der Waals surface area contributed by atoms with E-state index in [9.17, 15) is 18.0 Å². The average molecular weight is 497 g/mol. The molecule has 1 amide bonds. The van der Waals surface area contributed by atoms with Crippen molar-refractivity contribution >= 4 is 50.4 Å². The molecule has 0 aliphatic carbocycles. The molecule has 4 rings (SSSR count). The van der Waals surface area contributed by atoms with Crippen LogP contribution in [-0.4, -0.2) is 33.9 Å². The minimum atomic E-state index is -4.25. The van der Waals surface area contributed by atoms with Crippen molar-refractivity contribution in [3.63, 3.8) is 0 Å². The molecule has 0 atom stereocenters. The highest BCUT2D eigenvalue weighted by Gasteiger charge is 2.41. The lowest BCUT2D eigenvalue weighted by Gasteiger charge is -2.33. The zero-order valence-corrected chi connectivity index (χ0v) is 20.0. The van der Waals surface area contributed by atoms with Gasteiger partial charge >= 0.3 is 5.97 Å². The van der Waals surface area contributed by atoms with Crippen LogP contribution >= 0.6 is 11.6 Å². The molecule has 174 valence electrons.